The van der Waals surface area contributed by atoms with Crippen LogP contribution in [0.2, 0.25) is 5.02 Å². The number of anilines is 1. The van der Waals surface area contributed by atoms with Crippen molar-refractivity contribution in [3.63, 3.8) is 0 Å². The smallest absolute Gasteiger partial charge is 0.151 e. The average Bonchev–Trinajstić information content (AvgIpc) is 2.96. The predicted molar refractivity (Wildman–Crippen MR) is 112 cm³/mol. The van der Waals surface area contributed by atoms with Crippen LogP contribution in [0.4, 0.5) is 10.1 Å². The molecule has 1 aromatic carbocycles. The standard InChI is InChI=1S/C22H22ClFN6/c1-28-10-14-4-16(23)2-3-19(14)30-20(11-28)26-27-21(30)15-6-22(7-15)12-29(13-22)18-5-17(24)8-25-9-18/h2-5,8-9,15H,6-7,10-13H2,1H3. The fourth-order valence-electron chi connectivity index (χ4n) is 5.39. The molecule has 2 aliphatic heterocycles. The third-order valence-electron chi connectivity index (χ3n) is 6.72. The van der Waals surface area contributed by atoms with E-state index in [1.165, 1.54) is 11.8 Å². The number of hydrogen-bond acceptors (Lipinski definition) is 5. The van der Waals surface area contributed by atoms with Gasteiger partial charge in [-0.2, -0.15) is 0 Å². The summed E-state index contributed by atoms with van der Waals surface area (Å²) in [4.78, 5) is 8.43. The average molecular weight is 425 g/mol. The summed E-state index contributed by atoms with van der Waals surface area (Å²) in [5.74, 6) is 2.15. The van der Waals surface area contributed by atoms with Crippen LogP contribution in [-0.4, -0.2) is 44.8 Å². The molecule has 1 saturated heterocycles. The zero-order valence-electron chi connectivity index (χ0n) is 16.7. The van der Waals surface area contributed by atoms with Crippen LogP contribution in [0.15, 0.2) is 36.7 Å². The molecule has 6 rings (SSSR count). The summed E-state index contributed by atoms with van der Waals surface area (Å²) in [5.41, 5.74) is 3.51. The second kappa shape index (κ2) is 6.49. The molecule has 0 N–H and O–H groups in total. The van der Waals surface area contributed by atoms with E-state index in [-0.39, 0.29) is 5.82 Å². The second-order valence-electron chi connectivity index (χ2n) is 9.08. The summed E-state index contributed by atoms with van der Waals surface area (Å²) in [6.45, 7) is 3.50. The number of nitrogens with zero attached hydrogens (tertiary/aromatic N) is 6. The predicted octanol–water partition coefficient (Wildman–Crippen LogP) is 3.78. The number of hydrogen-bond donors (Lipinski definition) is 0. The molecule has 154 valence electrons. The van der Waals surface area contributed by atoms with Crippen molar-refractivity contribution >= 4 is 17.3 Å². The number of fused-ring (bicyclic) bond motifs is 3. The Hall–Kier alpha value is -2.51. The Bertz CT molecular complexity index is 1130. The summed E-state index contributed by atoms with van der Waals surface area (Å²) in [5, 5.41) is 9.90. The van der Waals surface area contributed by atoms with Crippen molar-refractivity contribution in [1.82, 2.24) is 24.6 Å². The highest BCUT2D eigenvalue weighted by Gasteiger charge is 2.54. The summed E-state index contributed by atoms with van der Waals surface area (Å²) in [6.07, 6.45) is 5.16. The minimum atomic E-state index is -0.283. The third-order valence-corrected chi connectivity index (χ3v) is 6.96. The van der Waals surface area contributed by atoms with Crippen molar-refractivity contribution in [3.05, 3.63) is 64.7 Å². The Kier molecular flexibility index (Phi) is 3.95. The van der Waals surface area contributed by atoms with Gasteiger partial charge in [0.25, 0.3) is 0 Å². The minimum absolute atomic E-state index is 0.283. The maximum absolute atomic E-state index is 13.5. The van der Waals surface area contributed by atoms with Crippen molar-refractivity contribution in [2.24, 2.45) is 5.41 Å². The largest absolute Gasteiger partial charge is 0.369 e. The highest BCUT2D eigenvalue weighted by Crippen LogP contribution is 2.56. The molecule has 6 nitrogen and oxygen atoms in total. The van der Waals surface area contributed by atoms with Crippen LogP contribution < -0.4 is 4.90 Å². The molecule has 3 aromatic rings. The van der Waals surface area contributed by atoms with Gasteiger partial charge in [0.05, 0.1) is 30.3 Å². The van der Waals surface area contributed by atoms with Gasteiger partial charge in [-0.15, -0.1) is 10.2 Å². The van der Waals surface area contributed by atoms with Gasteiger partial charge in [0.15, 0.2) is 5.82 Å². The van der Waals surface area contributed by atoms with E-state index in [1.54, 1.807) is 12.3 Å². The zero-order chi connectivity index (χ0) is 20.5. The fourth-order valence-corrected chi connectivity index (χ4v) is 5.59. The van der Waals surface area contributed by atoms with Crippen LogP contribution in [0, 0.1) is 11.2 Å². The fraction of sp³-hybridized carbons (Fsp3) is 0.409. The first kappa shape index (κ1) is 18.3. The van der Waals surface area contributed by atoms with Gasteiger partial charge in [0.2, 0.25) is 0 Å². The van der Waals surface area contributed by atoms with Crippen molar-refractivity contribution in [3.8, 4) is 5.69 Å². The molecule has 3 aliphatic rings. The molecule has 2 aromatic heterocycles. The number of pyridine rings is 1. The molecule has 0 amide bonds. The van der Waals surface area contributed by atoms with Crippen molar-refractivity contribution in [2.45, 2.75) is 31.8 Å². The first-order valence-corrected chi connectivity index (χ1v) is 10.6. The first-order chi connectivity index (χ1) is 14.5. The monoisotopic (exact) mass is 424 g/mol. The van der Waals surface area contributed by atoms with Crippen LogP contribution >= 0.6 is 11.6 Å². The lowest BCUT2D eigenvalue weighted by molar-refractivity contribution is 0.0587. The van der Waals surface area contributed by atoms with E-state index in [2.05, 4.69) is 42.7 Å². The van der Waals surface area contributed by atoms with Crippen molar-refractivity contribution < 1.29 is 4.39 Å². The van der Waals surface area contributed by atoms with Crippen LogP contribution in [0.5, 0.6) is 0 Å². The summed E-state index contributed by atoms with van der Waals surface area (Å²) >= 11 is 6.27. The van der Waals surface area contributed by atoms with Gasteiger partial charge < -0.3 is 4.90 Å². The lowest BCUT2D eigenvalue weighted by atomic mass is 9.57. The third kappa shape index (κ3) is 2.83. The SMILES string of the molecule is CN1Cc2cc(Cl)ccc2-n2c(nnc2C2CC3(C2)CN(c2cncc(F)c2)C3)C1. The Morgan fingerprint density at radius 1 is 1.10 bits per heavy atom. The zero-order valence-corrected chi connectivity index (χ0v) is 17.5. The lowest BCUT2D eigenvalue weighted by Gasteiger charge is -2.59. The molecule has 0 bridgehead atoms. The summed E-state index contributed by atoms with van der Waals surface area (Å²) in [7, 11) is 2.09. The molecule has 0 unspecified atom stereocenters. The Balaban J connectivity index is 1.24. The second-order valence-corrected chi connectivity index (χ2v) is 9.51. The molecule has 4 heterocycles. The number of halogens is 2. The summed E-state index contributed by atoms with van der Waals surface area (Å²) < 4.78 is 15.7. The molecule has 0 radical (unpaired) electrons. The maximum Gasteiger partial charge on any atom is 0.151 e. The molecule has 8 heteroatoms. The van der Waals surface area contributed by atoms with Gasteiger partial charge in [-0.3, -0.25) is 14.5 Å². The highest BCUT2D eigenvalue weighted by atomic mass is 35.5. The van der Waals surface area contributed by atoms with E-state index in [0.717, 1.165) is 67.1 Å². The Labute approximate surface area is 179 Å². The Morgan fingerprint density at radius 3 is 2.73 bits per heavy atom. The molecular formula is C22H22ClFN6. The van der Waals surface area contributed by atoms with Crippen LogP contribution in [0.3, 0.4) is 0 Å². The van der Waals surface area contributed by atoms with Crippen LogP contribution in [0.25, 0.3) is 5.69 Å². The van der Waals surface area contributed by atoms with Crippen LogP contribution in [-0.2, 0) is 13.1 Å². The molecule has 2 fully saturated rings. The van der Waals surface area contributed by atoms with Gasteiger partial charge >= 0.3 is 0 Å². The van der Waals surface area contributed by atoms with E-state index in [9.17, 15) is 4.39 Å². The number of aromatic nitrogens is 4. The normalized spacial score (nSPS) is 20.3. The quantitative estimate of drug-likeness (QED) is 0.626. The van der Waals surface area contributed by atoms with Crippen molar-refractivity contribution in [2.75, 3.05) is 25.0 Å². The van der Waals surface area contributed by atoms with Crippen LogP contribution in [0.1, 0.15) is 36.0 Å². The first-order valence-electron chi connectivity index (χ1n) is 10.3. The van der Waals surface area contributed by atoms with Gasteiger partial charge in [-0.25, -0.2) is 4.39 Å². The maximum atomic E-state index is 13.5. The molecule has 30 heavy (non-hydrogen) atoms. The lowest BCUT2D eigenvalue weighted by Crippen LogP contribution is -2.62. The molecular weight excluding hydrogens is 403 g/mol. The topological polar surface area (TPSA) is 50.1 Å². The van der Waals surface area contributed by atoms with Gasteiger partial charge in [0.1, 0.15) is 11.6 Å². The van der Waals surface area contributed by atoms with E-state index < -0.39 is 0 Å². The number of rotatable bonds is 2. The van der Waals surface area contributed by atoms with E-state index in [4.69, 9.17) is 11.6 Å². The minimum Gasteiger partial charge on any atom is -0.369 e. The van der Waals surface area contributed by atoms with Gasteiger partial charge in [-0.05, 0) is 43.7 Å². The van der Waals surface area contributed by atoms with E-state index >= 15 is 0 Å². The van der Waals surface area contributed by atoms with E-state index in [1.807, 2.05) is 12.1 Å². The summed E-state index contributed by atoms with van der Waals surface area (Å²) in [6, 6.07) is 7.64. The van der Waals surface area contributed by atoms with Crippen molar-refractivity contribution in [1.29, 1.82) is 0 Å². The Morgan fingerprint density at radius 2 is 1.93 bits per heavy atom. The van der Waals surface area contributed by atoms with Gasteiger partial charge in [-0.1, -0.05) is 11.6 Å². The molecule has 0 atom stereocenters. The molecule has 1 spiro atoms. The molecule has 1 saturated carbocycles. The van der Waals surface area contributed by atoms with Gasteiger partial charge in [0, 0.05) is 42.1 Å². The number of benzene rings is 1. The van der Waals surface area contributed by atoms with E-state index in [0.29, 0.717) is 11.3 Å². The highest BCUT2D eigenvalue weighted by molar-refractivity contribution is 6.30. The molecule has 1 aliphatic carbocycles.